The number of benzene rings is 1. The molecule has 120 valence electrons. The summed E-state index contributed by atoms with van der Waals surface area (Å²) in [7, 11) is 1.89. The molecule has 1 fully saturated rings. The van der Waals surface area contributed by atoms with Crippen LogP contribution in [0, 0.1) is 5.92 Å². The van der Waals surface area contributed by atoms with E-state index in [1.165, 1.54) is 43.7 Å². The minimum atomic E-state index is 0.751. The third kappa shape index (κ3) is 3.27. The van der Waals surface area contributed by atoms with E-state index in [1.54, 1.807) is 0 Å². The molecule has 0 aliphatic carbocycles. The second-order valence-corrected chi connectivity index (χ2v) is 6.41. The third-order valence-electron chi connectivity index (χ3n) is 4.81. The second-order valence-electron chi connectivity index (χ2n) is 6.41. The zero-order valence-electron chi connectivity index (χ0n) is 13.9. The van der Waals surface area contributed by atoms with Crippen LogP contribution in [0.25, 0.3) is 0 Å². The quantitative estimate of drug-likeness (QED) is 0.684. The lowest BCUT2D eigenvalue weighted by Gasteiger charge is -2.24. The molecule has 2 aliphatic heterocycles. The zero-order valence-corrected chi connectivity index (χ0v) is 13.9. The molecule has 4 heteroatoms. The standard InChI is InChI=1S/C18H28N4/c1-3-10-21-11-8-15(14-21)13-20-18(19-2)22-12-9-16-6-4-5-7-17(16)22/h4-7,15H,3,8-14H2,1-2H3,(H,19,20). The summed E-state index contributed by atoms with van der Waals surface area (Å²) in [5.74, 6) is 1.78. The molecule has 0 aromatic heterocycles. The largest absolute Gasteiger partial charge is 0.356 e. The maximum absolute atomic E-state index is 4.50. The third-order valence-corrected chi connectivity index (χ3v) is 4.81. The number of fused-ring (bicyclic) bond motifs is 1. The number of hydrogen-bond donors (Lipinski definition) is 1. The molecule has 0 bridgehead atoms. The molecule has 0 saturated carbocycles. The molecule has 1 saturated heterocycles. The molecule has 0 amide bonds. The maximum Gasteiger partial charge on any atom is 0.198 e. The van der Waals surface area contributed by atoms with Crippen LogP contribution in [0.5, 0.6) is 0 Å². The summed E-state index contributed by atoms with van der Waals surface area (Å²) in [4.78, 5) is 9.41. The van der Waals surface area contributed by atoms with Crippen LogP contribution in [0.1, 0.15) is 25.3 Å². The fraction of sp³-hybridized carbons (Fsp3) is 0.611. The van der Waals surface area contributed by atoms with Gasteiger partial charge in [0.2, 0.25) is 0 Å². The molecule has 0 spiro atoms. The van der Waals surface area contributed by atoms with Crippen molar-refractivity contribution in [2.45, 2.75) is 26.2 Å². The molecule has 2 aliphatic rings. The topological polar surface area (TPSA) is 30.9 Å². The van der Waals surface area contributed by atoms with Crippen molar-refractivity contribution in [2.24, 2.45) is 10.9 Å². The minimum Gasteiger partial charge on any atom is -0.356 e. The van der Waals surface area contributed by atoms with Crippen molar-refractivity contribution in [3.63, 3.8) is 0 Å². The number of rotatable bonds is 4. The summed E-state index contributed by atoms with van der Waals surface area (Å²) in [6, 6.07) is 8.67. The van der Waals surface area contributed by atoms with Gasteiger partial charge in [-0.15, -0.1) is 0 Å². The van der Waals surface area contributed by atoms with Crippen molar-refractivity contribution in [2.75, 3.05) is 44.7 Å². The summed E-state index contributed by atoms with van der Waals surface area (Å²) < 4.78 is 0. The Morgan fingerprint density at radius 1 is 1.32 bits per heavy atom. The highest BCUT2D eigenvalue weighted by Crippen LogP contribution is 2.27. The molecule has 3 rings (SSSR count). The Labute approximate surface area is 134 Å². The lowest BCUT2D eigenvalue weighted by atomic mass is 10.1. The van der Waals surface area contributed by atoms with Crippen LogP contribution in [0.4, 0.5) is 5.69 Å². The first-order valence-corrected chi connectivity index (χ1v) is 8.60. The van der Waals surface area contributed by atoms with Gasteiger partial charge in [-0.1, -0.05) is 25.1 Å². The van der Waals surface area contributed by atoms with Gasteiger partial charge in [-0.3, -0.25) is 4.99 Å². The van der Waals surface area contributed by atoms with Gasteiger partial charge in [0.1, 0.15) is 0 Å². The number of nitrogens with one attached hydrogen (secondary N) is 1. The Balaban J connectivity index is 1.56. The van der Waals surface area contributed by atoms with E-state index in [2.05, 4.69) is 51.3 Å². The molecular formula is C18H28N4. The highest BCUT2D eigenvalue weighted by molar-refractivity contribution is 5.97. The Hall–Kier alpha value is -1.55. The van der Waals surface area contributed by atoms with Crippen molar-refractivity contribution in [3.8, 4) is 0 Å². The first-order valence-electron chi connectivity index (χ1n) is 8.60. The van der Waals surface area contributed by atoms with E-state index in [4.69, 9.17) is 0 Å². The Bertz CT molecular complexity index is 526. The van der Waals surface area contributed by atoms with E-state index < -0.39 is 0 Å². The van der Waals surface area contributed by atoms with Gasteiger partial charge in [-0.25, -0.2) is 0 Å². The zero-order chi connectivity index (χ0) is 15.4. The second kappa shape index (κ2) is 7.14. The number of aliphatic imine (C=N–C) groups is 1. The number of para-hydroxylation sites is 1. The normalized spacial score (nSPS) is 22.2. The summed E-state index contributed by atoms with van der Waals surface area (Å²) in [5.41, 5.74) is 2.75. The van der Waals surface area contributed by atoms with E-state index in [0.29, 0.717) is 0 Å². The van der Waals surface area contributed by atoms with Crippen LogP contribution >= 0.6 is 0 Å². The van der Waals surface area contributed by atoms with Gasteiger partial charge in [-0.05, 0) is 49.9 Å². The SMILES string of the molecule is CCCN1CCC(CNC(=NC)N2CCc3ccccc32)C1. The van der Waals surface area contributed by atoms with Crippen LogP contribution in [0.2, 0.25) is 0 Å². The van der Waals surface area contributed by atoms with Crippen molar-refractivity contribution in [1.29, 1.82) is 0 Å². The van der Waals surface area contributed by atoms with Crippen molar-refractivity contribution < 1.29 is 0 Å². The Morgan fingerprint density at radius 2 is 2.18 bits per heavy atom. The van der Waals surface area contributed by atoms with Crippen LogP contribution in [0.3, 0.4) is 0 Å². The van der Waals surface area contributed by atoms with Crippen molar-refractivity contribution in [3.05, 3.63) is 29.8 Å². The first kappa shape index (κ1) is 15.3. The molecular weight excluding hydrogens is 272 g/mol. The molecule has 0 radical (unpaired) electrons. The number of anilines is 1. The monoisotopic (exact) mass is 300 g/mol. The minimum absolute atomic E-state index is 0.751. The number of hydrogen-bond acceptors (Lipinski definition) is 2. The average Bonchev–Trinajstić information content (AvgIpc) is 3.16. The van der Waals surface area contributed by atoms with Crippen LogP contribution < -0.4 is 10.2 Å². The molecule has 1 aromatic carbocycles. The highest BCUT2D eigenvalue weighted by Gasteiger charge is 2.25. The Morgan fingerprint density at radius 3 is 3.00 bits per heavy atom. The molecule has 1 N–H and O–H groups in total. The summed E-state index contributed by atoms with van der Waals surface area (Å²) in [6.07, 6.45) is 3.68. The molecule has 1 atom stereocenters. The highest BCUT2D eigenvalue weighted by atomic mass is 15.3. The Kier molecular flexibility index (Phi) is 4.98. The van der Waals surface area contributed by atoms with Crippen LogP contribution in [-0.2, 0) is 6.42 Å². The number of likely N-dealkylation sites (tertiary alicyclic amines) is 1. The molecule has 1 unspecified atom stereocenters. The average molecular weight is 300 g/mol. The van der Waals surface area contributed by atoms with Gasteiger partial charge in [0, 0.05) is 32.4 Å². The van der Waals surface area contributed by atoms with Gasteiger partial charge in [0.15, 0.2) is 5.96 Å². The number of nitrogens with zero attached hydrogens (tertiary/aromatic N) is 3. The summed E-state index contributed by atoms with van der Waals surface area (Å²) >= 11 is 0. The van der Waals surface area contributed by atoms with Gasteiger partial charge >= 0.3 is 0 Å². The predicted octanol–water partition coefficient (Wildman–Crippen LogP) is 2.36. The van der Waals surface area contributed by atoms with E-state index in [0.717, 1.165) is 31.4 Å². The maximum atomic E-state index is 4.50. The van der Waals surface area contributed by atoms with Crippen molar-refractivity contribution >= 4 is 11.6 Å². The molecule has 4 nitrogen and oxygen atoms in total. The fourth-order valence-electron chi connectivity index (χ4n) is 3.69. The van der Waals surface area contributed by atoms with E-state index >= 15 is 0 Å². The van der Waals surface area contributed by atoms with E-state index in [-0.39, 0.29) is 0 Å². The van der Waals surface area contributed by atoms with Crippen molar-refractivity contribution in [1.82, 2.24) is 10.2 Å². The fourth-order valence-corrected chi connectivity index (χ4v) is 3.69. The predicted molar refractivity (Wildman–Crippen MR) is 93.7 cm³/mol. The smallest absolute Gasteiger partial charge is 0.198 e. The van der Waals surface area contributed by atoms with Gasteiger partial charge in [0.05, 0.1) is 0 Å². The lowest BCUT2D eigenvalue weighted by Crippen LogP contribution is -2.42. The van der Waals surface area contributed by atoms with E-state index in [9.17, 15) is 0 Å². The van der Waals surface area contributed by atoms with Crippen LogP contribution in [-0.4, -0.2) is 50.6 Å². The van der Waals surface area contributed by atoms with Gasteiger partial charge in [0.25, 0.3) is 0 Å². The summed E-state index contributed by atoms with van der Waals surface area (Å²) in [5, 5.41) is 3.61. The molecule has 2 heterocycles. The van der Waals surface area contributed by atoms with Gasteiger partial charge in [-0.2, -0.15) is 0 Å². The molecule has 22 heavy (non-hydrogen) atoms. The molecule has 1 aromatic rings. The van der Waals surface area contributed by atoms with Crippen LogP contribution in [0.15, 0.2) is 29.3 Å². The van der Waals surface area contributed by atoms with Gasteiger partial charge < -0.3 is 15.1 Å². The van der Waals surface area contributed by atoms with E-state index in [1.807, 2.05) is 7.05 Å². The number of guanidine groups is 1. The first-order chi connectivity index (χ1) is 10.8. The summed E-state index contributed by atoms with van der Waals surface area (Å²) in [6.45, 7) is 8.06. The lowest BCUT2D eigenvalue weighted by molar-refractivity contribution is 0.324.